The quantitative estimate of drug-likeness (QED) is 0.331. The summed E-state index contributed by atoms with van der Waals surface area (Å²) in [5.41, 5.74) is 1.66. The minimum atomic E-state index is -0.619. The number of halogens is 1. The van der Waals surface area contributed by atoms with Crippen LogP contribution in [0.15, 0.2) is 76.5 Å². The second kappa shape index (κ2) is 7.93. The summed E-state index contributed by atoms with van der Waals surface area (Å²) in [7, 11) is 1.47. The SMILES string of the molecule is COc1cc(C=C2Sc3ccccc3C2=O)ccc1OC(=O)c1ccc(F)cc1. The molecule has 29 heavy (non-hydrogen) atoms. The highest BCUT2D eigenvalue weighted by Crippen LogP contribution is 2.41. The molecule has 0 radical (unpaired) electrons. The fraction of sp³-hybridized carbons (Fsp3) is 0.0435. The monoisotopic (exact) mass is 406 g/mol. The van der Waals surface area contributed by atoms with Gasteiger partial charge < -0.3 is 9.47 Å². The molecule has 3 aromatic rings. The van der Waals surface area contributed by atoms with E-state index >= 15 is 0 Å². The molecule has 0 bridgehead atoms. The van der Waals surface area contributed by atoms with Crippen molar-refractivity contribution in [2.24, 2.45) is 0 Å². The van der Waals surface area contributed by atoms with Gasteiger partial charge in [-0.05, 0) is 60.2 Å². The normalized spacial score (nSPS) is 14.0. The van der Waals surface area contributed by atoms with Crippen LogP contribution >= 0.6 is 11.8 Å². The zero-order chi connectivity index (χ0) is 20.4. The largest absolute Gasteiger partial charge is 0.493 e. The summed E-state index contributed by atoms with van der Waals surface area (Å²) in [5.74, 6) is -0.485. The Kier molecular flexibility index (Phi) is 5.18. The molecule has 4 nitrogen and oxygen atoms in total. The lowest BCUT2D eigenvalue weighted by Gasteiger charge is -2.10. The minimum absolute atomic E-state index is 0.0172. The lowest BCUT2D eigenvalue weighted by molar-refractivity contribution is 0.0729. The van der Waals surface area contributed by atoms with Crippen LogP contribution < -0.4 is 9.47 Å². The standard InChI is InChI=1S/C23H15FO4S/c1-27-19-12-14(13-21-22(25)17-4-2-3-5-20(17)29-21)6-11-18(19)28-23(26)15-7-9-16(24)10-8-15/h2-13H,1H3. The van der Waals surface area contributed by atoms with Crippen LogP contribution in [0, 0.1) is 5.82 Å². The van der Waals surface area contributed by atoms with E-state index in [1.807, 2.05) is 24.3 Å². The van der Waals surface area contributed by atoms with E-state index in [0.29, 0.717) is 16.2 Å². The maximum absolute atomic E-state index is 13.0. The highest BCUT2D eigenvalue weighted by Gasteiger charge is 2.25. The molecule has 0 saturated carbocycles. The molecule has 1 aliphatic rings. The summed E-state index contributed by atoms with van der Waals surface area (Å²) in [6.07, 6.45) is 1.78. The van der Waals surface area contributed by atoms with Crippen molar-refractivity contribution in [1.82, 2.24) is 0 Å². The molecule has 0 N–H and O–H groups in total. The summed E-state index contributed by atoms with van der Waals surface area (Å²) >= 11 is 1.42. The molecule has 0 saturated heterocycles. The molecule has 3 aromatic carbocycles. The first-order valence-electron chi connectivity index (χ1n) is 8.74. The molecule has 4 rings (SSSR count). The van der Waals surface area contributed by atoms with E-state index < -0.39 is 11.8 Å². The molecule has 6 heteroatoms. The highest BCUT2D eigenvalue weighted by molar-refractivity contribution is 8.04. The molecule has 1 heterocycles. The number of carbonyl (C=O) groups excluding carboxylic acids is 2. The summed E-state index contributed by atoms with van der Waals surface area (Å²) < 4.78 is 23.7. The average Bonchev–Trinajstić information content (AvgIpc) is 3.05. The number of carbonyl (C=O) groups is 2. The number of ketones is 1. The Labute approximate surface area is 171 Å². The van der Waals surface area contributed by atoms with Crippen LogP contribution in [-0.4, -0.2) is 18.9 Å². The van der Waals surface area contributed by atoms with Crippen molar-refractivity contribution in [2.45, 2.75) is 4.90 Å². The summed E-state index contributed by atoms with van der Waals surface area (Å²) in [6.45, 7) is 0. The fourth-order valence-corrected chi connectivity index (χ4v) is 3.94. The van der Waals surface area contributed by atoms with Gasteiger partial charge in [0.15, 0.2) is 11.5 Å². The second-order valence-corrected chi connectivity index (χ2v) is 7.33. The van der Waals surface area contributed by atoms with Crippen molar-refractivity contribution in [3.05, 3.63) is 94.1 Å². The number of benzene rings is 3. The van der Waals surface area contributed by atoms with Crippen molar-refractivity contribution < 1.29 is 23.5 Å². The van der Waals surface area contributed by atoms with E-state index in [1.54, 1.807) is 24.3 Å². The van der Waals surface area contributed by atoms with Gasteiger partial charge in [-0.2, -0.15) is 0 Å². The van der Waals surface area contributed by atoms with Crippen LogP contribution in [0.25, 0.3) is 6.08 Å². The zero-order valence-electron chi connectivity index (χ0n) is 15.3. The fourth-order valence-electron chi connectivity index (χ4n) is 2.89. The van der Waals surface area contributed by atoms with E-state index in [-0.39, 0.29) is 17.1 Å². The van der Waals surface area contributed by atoms with Crippen molar-refractivity contribution in [3.8, 4) is 11.5 Å². The minimum Gasteiger partial charge on any atom is -0.493 e. The Balaban J connectivity index is 1.57. The number of methoxy groups -OCH3 is 1. The van der Waals surface area contributed by atoms with Gasteiger partial charge in [-0.1, -0.05) is 30.0 Å². The van der Waals surface area contributed by atoms with Crippen LogP contribution in [-0.2, 0) is 0 Å². The molecule has 1 aliphatic heterocycles. The van der Waals surface area contributed by atoms with E-state index in [4.69, 9.17) is 9.47 Å². The van der Waals surface area contributed by atoms with Gasteiger partial charge in [0.25, 0.3) is 0 Å². The van der Waals surface area contributed by atoms with Gasteiger partial charge >= 0.3 is 5.97 Å². The van der Waals surface area contributed by atoms with Gasteiger partial charge in [-0.3, -0.25) is 4.79 Å². The topological polar surface area (TPSA) is 52.6 Å². The molecular weight excluding hydrogens is 391 g/mol. The third kappa shape index (κ3) is 3.93. The highest BCUT2D eigenvalue weighted by atomic mass is 32.2. The number of hydrogen-bond acceptors (Lipinski definition) is 5. The van der Waals surface area contributed by atoms with Crippen molar-refractivity contribution in [3.63, 3.8) is 0 Å². The summed E-state index contributed by atoms with van der Waals surface area (Å²) in [5, 5.41) is 0. The molecule has 0 atom stereocenters. The third-order valence-electron chi connectivity index (χ3n) is 4.34. The predicted octanol–water partition coefficient (Wildman–Crippen LogP) is 5.38. The lowest BCUT2D eigenvalue weighted by Crippen LogP contribution is -2.09. The average molecular weight is 406 g/mol. The first-order valence-corrected chi connectivity index (χ1v) is 9.56. The van der Waals surface area contributed by atoms with E-state index in [9.17, 15) is 14.0 Å². The van der Waals surface area contributed by atoms with Crippen LogP contribution in [0.4, 0.5) is 4.39 Å². The Morgan fingerprint density at radius 3 is 2.48 bits per heavy atom. The number of Topliss-reactive ketones (excluding diaryl/α,β-unsaturated/α-hetero) is 1. The van der Waals surface area contributed by atoms with E-state index in [1.165, 1.54) is 43.1 Å². The molecule has 0 unspecified atom stereocenters. The lowest BCUT2D eigenvalue weighted by atomic mass is 10.1. The number of hydrogen-bond donors (Lipinski definition) is 0. The maximum atomic E-state index is 13.0. The molecular formula is C23H15FO4S. The second-order valence-electron chi connectivity index (χ2n) is 6.24. The van der Waals surface area contributed by atoms with Gasteiger partial charge in [0.1, 0.15) is 5.82 Å². The number of rotatable bonds is 4. The predicted molar refractivity (Wildman–Crippen MR) is 109 cm³/mol. The molecule has 0 aromatic heterocycles. The molecule has 0 fully saturated rings. The molecule has 0 spiro atoms. The summed E-state index contributed by atoms with van der Waals surface area (Å²) in [4.78, 5) is 26.3. The smallest absolute Gasteiger partial charge is 0.343 e. The first-order chi connectivity index (χ1) is 14.0. The van der Waals surface area contributed by atoms with Crippen molar-refractivity contribution in [2.75, 3.05) is 7.11 Å². The molecule has 144 valence electrons. The Morgan fingerprint density at radius 2 is 1.76 bits per heavy atom. The van der Waals surface area contributed by atoms with Crippen LogP contribution in [0.3, 0.4) is 0 Å². The van der Waals surface area contributed by atoms with Gasteiger partial charge in [0.2, 0.25) is 5.78 Å². The van der Waals surface area contributed by atoms with Crippen LogP contribution in [0.5, 0.6) is 11.5 Å². The maximum Gasteiger partial charge on any atom is 0.343 e. The number of ether oxygens (including phenoxy) is 2. The van der Waals surface area contributed by atoms with Gasteiger partial charge in [0, 0.05) is 10.5 Å². The van der Waals surface area contributed by atoms with Crippen LogP contribution in [0.2, 0.25) is 0 Å². The number of allylic oxidation sites excluding steroid dienone is 1. The molecule has 0 amide bonds. The Morgan fingerprint density at radius 1 is 1.00 bits per heavy atom. The zero-order valence-corrected chi connectivity index (χ0v) is 16.2. The van der Waals surface area contributed by atoms with Crippen LogP contribution in [0.1, 0.15) is 26.3 Å². The number of esters is 1. The first kappa shape index (κ1) is 19.0. The number of thioether (sulfide) groups is 1. The van der Waals surface area contributed by atoms with Crippen molar-refractivity contribution in [1.29, 1.82) is 0 Å². The third-order valence-corrected chi connectivity index (χ3v) is 5.44. The van der Waals surface area contributed by atoms with Gasteiger partial charge in [-0.15, -0.1) is 0 Å². The number of fused-ring (bicyclic) bond motifs is 1. The van der Waals surface area contributed by atoms with E-state index in [0.717, 1.165) is 10.5 Å². The van der Waals surface area contributed by atoms with E-state index in [2.05, 4.69) is 0 Å². The Bertz CT molecular complexity index is 1140. The van der Waals surface area contributed by atoms with Crippen molar-refractivity contribution >= 4 is 29.6 Å². The molecule has 0 aliphatic carbocycles. The van der Waals surface area contributed by atoms with Gasteiger partial charge in [0.05, 0.1) is 17.6 Å². The van der Waals surface area contributed by atoms with Gasteiger partial charge in [-0.25, -0.2) is 9.18 Å². The summed E-state index contributed by atoms with van der Waals surface area (Å²) in [6, 6.07) is 17.6. The Hall–Kier alpha value is -3.38.